The minimum atomic E-state index is -0.417. The van der Waals surface area contributed by atoms with Gasteiger partial charge in [0.05, 0.1) is 13.2 Å². The van der Waals surface area contributed by atoms with Crippen LogP contribution in [0.15, 0.2) is 12.1 Å². The second kappa shape index (κ2) is 4.64. The SMILES string of the molecule is COc1cc(Cl)c2c(c1)C(O)CC(C)CC2. The number of methoxy groups -OCH3 is 1. The van der Waals surface area contributed by atoms with Crippen LogP contribution in [0.5, 0.6) is 5.75 Å². The largest absolute Gasteiger partial charge is 0.497 e. The number of benzene rings is 1. The molecule has 0 saturated heterocycles. The van der Waals surface area contributed by atoms with Gasteiger partial charge in [0, 0.05) is 5.02 Å². The maximum absolute atomic E-state index is 10.1. The molecule has 2 unspecified atom stereocenters. The van der Waals surface area contributed by atoms with Gasteiger partial charge in [0.1, 0.15) is 5.75 Å². The van der Waals surface area contributed by atoms with Crippen LogP contribution in [0.25, 0.3) is 0 Å². The van der Waals surface area contributed by atoms with Crippen LogP contribution in [0, 0.1) is 5.92 Å². The second-order valence-electron chi connectivity index (χ2n) is 4.57. The molecular formula is C13H17ClO2. The third kappa shape index (κ3) is 2.18. The summed E-state index contributed by atoms with van der Waals surface area (Å²) in [7, 11) is 1.61. The standard InChI is InChI=1S/C13H17ClO2/c1-8-3-4-10-11(13(15)5-8)6-9(16-2)7-12(10)14/h6-8,13,15H,3-5H2,1-2H3. The average Bonchev–Trinajstić information content (AvgIpc) is 2.39. The lowest BCUT2D eigenvalue weighted by atomic mass is 9.99. The van der Waals surface area contributed by atoms with E-state index >= 15 is 0 Å². The quantitative estimate of drug-likeness (QED) is 0.763. The molecule has 2 atom stereocenters. The van der Waals surface area contributed by atoms with Gasteiger partial charge in [-0.05, 0) is 48.4 Å². The molecule has 0 heterocycles. The lowest BCUT2D eigenvalue weighted by molar-refractivity contribution is 0.149. The molecule has 0 saturated carbocycles. The summed E-state index contributed by atoms with van der Waals surface area (Å²) in [4.78, 5) is 0. The number of halogens is 1. The number of ether oxygens (including phenoxy) is 1. The molecule has 1 aromatic rings. The van der Waals surface area contributed by atoms with E-state index in [0.717, 1.165) is 36.1 Å². The van der Waals surface area contributed by atoms with E-state index in [-0.39, 0.29) is 0 Å². The molecule has 1 N–H and O–H groups in total. The number of fused-ring (bicyclic) bond motifs is 1. The Bertz CT molecular complexity index is 390. The van der Waals surface area contributed by atoms with Crippen molar-refractivity contribution in [1.29, 1.82) is 0 Å². The molecule has 0 amide bonds. The van der Waals surface area contributed by atoms with E-state index in [2.05, 4.69) is 6.92 Å². The summed E-state index contributed by atoms with van der Waals surface area (Å²) in [5, 5.41) is 10.9. The van der Waals surface area contributed by atoms with Gasteiger partial charge in [-0.25, -0.2) is 0 Å². The fourth-order valence-electron chi connectivity index (χ4n) is 2.33. The number of rotatable bonds is 1. The Morgan fingerprint density at radius 1 is 1.44 bits per heavy atom. The molecule has 0 bridgehead atoms. The van der Waals surface area contributed by atoms with E-state index in [1.165, 1.54) is 0 Å². The van der Waals surface area contributed by atoms with Crippen molar-refractivity contribution in [2.24, 2.45) is 5.92 Å². The van der Waals surface area contributed by atoms with E-state index < -0.39 is 6.10 Å². The summed E-state index contributed by atoms with van der Waals surface area (Å²) in [5.74, 6) is 1.25. The number of hydrogen-bond donors (Lipinski definition) is 1. The van der Waals surface area contributed by atoms with Crippen LogP contribution in [0.4, 0.5) is 0 Å². The van der Waals surface area contributed by atoms with Gasteiger partial charge in [-0.2, -0.15) is 0 Å². The van der Waals surface area contributed by atoms with Crippen LogP contribution in [0.3, 0.4) is 0 Å². The predicted octanol–water partition coefficient (Wildman–Crippen LogP) is 3.35. The summed E-state index contributed by atoms with van der Waals surface area (Å²) in [6.45, 7) is 2.17. The van der Waals surface area contributed by atoms with Crippen LogP contribution in [-0.2, 0) is 6.42 Å². The average molecular weight is 241 g/mol. The Hall–Kier alpha value is -0.730. The van der Waals surface area contributed by atoms with Gasteiger partial charge >= 0.3 is 0 Å². The van der Waals surface area contributed by atoms with Gasteiger partial charge < -0.3 is 9.84 Å². The zero-order chi connectivity index (χ0) is 11.7. The van der Waals surface area contributed by atoms with Gasteiger partial charge in [0.25, 0.3) is 0 Å². The zero-order valence-electron chi connectivity index (χ0n) is 9.66. The number of aliphatic hydroxyl groups is 1. The molecule has 3 heteroatoms. The third-order valence-electron chi connectivity index (χ3n) is 3.31. The molecule has 16 heavy (non-hydrogen) atoms. The van der Waals surface area contributed by atoms with E-state index in [1.54, 1.807) is 7.11 Å². The highest BCUT2D eigenvalue weighted by Crippen LogP contribution is 2.37. The van der Waals surface area contributed by atoms with Crippen LogP contribution in [0.2, 0.25) is 5.02 Å². The molecular weight excluding hydrogens is 224 g/mol. The van der Waals surface area contributed by atoms with Crippen LogP contribution < -0.4 is 4.74 Å². The van der Waals surface area contributed by atoms with E-state index in [9.17, 15) is 5.11 Å². The smallest absolute Gasteiger partial charge is 0.120 e. The van der Waals surface area contributed by atoms with Gasteiger partial charge in [-0.3, -0.25) is 0 Å². The fraction of sp³-hybridized carbons (Fsp3) is 0.538. The monoisotopic (exact) mass is 240 g/mol. The summed E-state index contributed by atoms with van der Waals surface area (Å²) in [6, 6.07) is 3.73. The Morgan fingerprint density at radius 2 is 2.19 bits per heavy atom. The van der Waals surface area contributed by atoms with Crippen molar-refractivity contribution in [3.63, 3.8) is 0 Å². The molecule has 2 rings (SSSR count). The molecule has 0 fully saturated rings. The summed E-state index contributed by atoms with van der Waals surface area (Å²) < 4.78 is 5.18. The van der Waals surface area contributed by atoms with Crippen LogP contribution in [0.1, 0.15) is 37.0 Å². The maximum atomic E-state index is 10.1. The van der Waals surface area contributed by atoms with Crippen molar-refractivity contribution < 1.29 is 9.84 Å². The Labute approximate surface area is 101 Å². The predicted molar refractivity (Wildman–Crippen MR) is 65.1 cm³/mol. The van der Waals surface area contributed by atoms with Gasteiger partial charge in [0.15, 0.2) is 0 Å². The number of hydrogen-bond acceptors (Lipinski definition) is 2. The molecule has 1 aliphatic rings. The molecule has 0 aromatic heterocycles. The zero-order valence-corrected chi connectivity index (χ0v) is 10.4. The van der Waals surface area contributed by atoms with Crippen molar-refractivity contribution in [3.8, 4) is 5.75 Å². The molecule has 2 nitrogen and oxygen atoms in total. The highest BCUT2D eigenvalue weighted by atomic mass is 35.5. The topological polar surface area (TPSA) is 29.5 Å². The van der Waals surface area contributed by atoms with Crippen LogP contribution >= 0.6 is 11.6 Å². The van der Waals surface area contributed by atoms with E-state index in [4.69, 9.17) is 16.3 Å². The van der Waals surface area contributed by atoms with E-state index in [1.807, 2.05) is 12.1 Å². The van der Waals surface area contributed by atoms with Gasteiger partial charge in [-0.15, -0.1) is 0 Å². The molecule has 0 aliphatic heterocycles. The lowest BCUT2D eigenvalue weighted by Crippen LogP contribution is -2.02. The van der Waals surface area contributed by atoms with Crippen molar-refractivity contribution >= 4 is 11.6 Å². The molecule has 0 spiro atoms. The minimum absolute atomic E-state index is 0.417. The molecule has 0 radical (unpaired) electrons. The number of aliphatic hydroxyl groups excluding tert-OH is 1. The van der Waals surface area contributed by atoms with Gasteiger partial charge in [-0.1, -0.05) is 18.5 Å². The van der Waals surface area contributed by atoms with Crippen molar-refractivity contribution in [3.05, 3.63) is 28.3 Å². The first-order chi connectivity index (χ1) is 7.61. The first-order valence-corrected chi connectivity index (χ1v) is 6.04. The van der Waals surface area contributed by atoms with Crippen LogP contribution in [-0.4, -0.2) is 12.2 Å². The highest BCUT2D eigenvalue weighted by molar-refractivity contribution is 6.31. The van der Waals surface area contributed by atoms with Crippen molar-refractivity contribution in [1.82, 2.24) is 0 Å². The third-order valence-corrected chi connectivity index (χ3v) is 3.65. The highest BCUT2D eigenvalue weighted by Gasteiger charge is 2.23. The van der Waals surface area contributed by atoms with Gasteiger partial charge in [0.2, 0.25) is 0 Å². The minimum Gasteiger partial charge on any atom is -0.497 e. The Balaban J connectivity index is 2.47. The van der Waals surface area contributed by atoms with Crippen molar-refractivity contribution in [2.45, 2.75) is 32.3 Å². The first-order valence-electron chi connectivity index (χ1n) is 5.66. The summed E-state index contributed by atoms with van der Waals surface area (Å²) in [6.07, 6.45) is 2.41. The van der Waals surface area contributed by atoms with E-state index in [0.29, 0.717) is 10.9 Å². The summed E-state index contributed by atoms with van der Waals surface area (Å²) in [5.41, 5.74) is 2.02. The molecule has 1 aromatic carbocycles. The second-order valence-corrected chi connectivity index (χ2v) is 4.98. The normalized spacial score (nSPS) is 24.8. The maximum Gasteiger partial charge on any atom is 0.120 e. The first kappa shape index (κ1) is 11.7. The summed E-state index contributed by atoms with van der Waals surface area (Å²) >= 11 is 6.22. The Morgan fingerprint density at radius 3 is 2.88 bits per heavy atom. The fourth-order valence-corrected chi connectivity index (χ4v) is 2.64. The van der Waals surface area contributed by atoms with Crippen molar-refractivity contribution in [2.75, 3.05) is 7.11 Å². The molecule has 88 valence electrons. The Kier molecular flexibility index (Phi) is 3.41. The molecule has 1 aliphatic carbocycles. The lowest BCUT2D eigenvalue weighted by Gasteiger charge is -2.15.